The maximum absolute atomic E-state index is 14.5. The fourth-order valence-corrected chi connectivity index (χ4v) is 8.81. The van der Waals surface area contributed by atoms with E-state index >= 15 is 0 Å². The van der Waals surface area contributed by atoms with Crippen LogP contribution < -0.4 is 9.64 Å². The smallest absolute Gasteiger partial charge is 0.318 e. The first-order valence-corrected chi connectivity index (χ1v) is 16.4. The zero-order valence-corrected chi connectivity index (χ0v) is 26.3. The third kappa shape index (κ3) is 4.55. The number of aryl methyl sites for hydroxylation is 1. The number of carbonyl (C=O) groups excluding carboxylic acids is 1. The van der Waals surface area contributed by atoms with E-state index < -0.39 is 11.8 Å². The van der Waals surface area contributed by atoms with Crippen LogP contribution in [0.1, 0.15) is 77.6 Å². The second-order valence-electron chi connectivity index (χ2n) is 13.0. The number of fused-ring (bicyclic) bond motifs is 5. The number of alkyl halides is 1. The van der Waals surface area contributed by atoms with Gasteiger partial charge in [0.05, 0.1) is 40.7 Å². The van der Waals surface area contributed by atoms with Crippen LogP contribution in [-0.4, -0.2) is 68.4 Å². The fourth-order valence-electron chi connectivity index (χ4n) is 8.22. The van der Waals surface area contributed by atoms with Gasteiger partial charge in [-0.05, 0) is 55.8 Å². The molecule has 1 aromatic carbocycles. The highest BCUT2D eigenvalue weighted by molar-refractivity contribution is 6.34. The van der Waals surface area contributed by atoms with Crippen LogP contribution in [0.15, 0.2) is 18.2 Å². The number of ether oxygens (including phenoxy) is 2. The summed E-state index contributed by atoms with van der Waals surface area (Å²) in [5.41, 5.74) is 4.36. The van der Waals surface area contributed by atoms with Gasteiger partial charge in [0.1, 0.15) is 24.3 Å². The number of hydrogen-bond acceptors (Lipinski definition) is 8. The van der Waals surface area contributed by atoms with E-state index in [0.717, 1.165) is 77.6 Å². The van der Waals surface area contributed by atoms with Crippen molar-refractivity contribution in [1.29, 1.82) is 0 Å². The van der Waals surface area contributed by atoms with E-state index in [-0.39, 0.29) is 11.3 Å². The van der Waals surface area contributed by atoms with Crippen molar-refractivity contribution in [1.82, 2.24) is 24.6 Å². The molecule has 232 valence electrons. The highest BCUT2D eigenvalue weighted by atomic mass is 35.5. The Balaban J connectivity index is 1.17. The molecule has 6 heterocycles. The molecule has 0 N–H and O–H groups in total. The Labute approximate surface area is 265 Å². The fraction of sp³-hybridized carbons (Fsp3) is 0.562. The van der Waals surface area contributed by atoms with Crippen LogP contribution >= 0.6 is 23.2 Å². The van der Waals surface area contributed by atoms with Crippen molar-refractivity contribution in [2.75, 3.05) is 31.1 Å². The van der Waals surface area contributed by atoms with E-state index in [2.05, 4.69) is 21.0 Å². The van der Waals surface area contributed by atoms with Gasteiger partial charge in [-0.25, -0.2) is 4.39 Å². The minimum atomic E-state index is -0.836. The maximum atomic E-state index is 14.5. The molecule has 0 unspecified atom stereocenters. The average Bonchev–Trinajstić information content (AvgIpc) is 3.68. The Morgan fingerprint density at radius 3 is 2.91 bits per heavy atom. The van der Waals surface area contributed by atoms with Crippen molar-refractivity contribution < 1.29 is 18.7 Å². The molecule has 8 rings (SSSR count). The Hall–Kier alpha value is -2.79. The minimum absolute atomic E-state index is 0.157. The number of benzene rings is 1. The van der Waals surface area contributed by atoms with Gasteiger partial charge in [-0.1, -0.05) is 35.3 Å². The number of Topliss-reactive ketones (excluding diaryl/α,β-unsaturated/α-hetero) is 1. The maximum Gasteiger partial charge on any atom is 0.318 e. The predicted molar refractivity (Wildman–Crippen MR) is 163 cm³/mol. The number of nitrogens with zero attached hydrogens (tertiary/aromatic N) is 6. The molecule has 12 heteroatoms. The molecule has 0 bridgehead atoms. The summed E-state index contributed by atoms with van der Waals surface area (Å²) in [4.78, 5) is 26.6. The highest BCUT2D eigenvalue weighted by Crippen LogP contribution is 2.49. The van der Waals surface area contributed by atoms with E-state index in [1.807, 2.05) is 16.8 Å². The molecule has 2 aromatic heterocycles. The van der Waals surface area contributed by atoms with Crippen LogP contribution in [0.25, 0.3) is 0 Å². The van der Waals surface area contributed by atoms with Gasteiger partial charge < -0.3 is 14.4 Å². The Bertz CT molecular complexity index is 1670. The van der Waals surface area contributed by atoms with Crippen LogP contribution in [0.2, 0.25) is 10.0 Å². The summed E-state index contributed by atoms with van der Waals surface area (Å²) in [6, 6.07) is 6.34. The van der Waals surface area contributed by atoms with Gasteiger partial charge >= 0.3 is 6.01 Å². The molecule has 44 heavy (non-hydrogen) atoms. The van der Waals surface area contributed by atoms with Crippen LogP contribution in [0.3, 0.4) is 0 Å². The number of aromatic nitrogens is 4. The second kappa shape index (κ2) is 10.6. The topological polar surface area (TPSA) is 85.6 Å². The minimum Gasteiger partial charge on any atom is -0.461 e. The molecular weight excluding hydrogens is 606 g/mol. The van der Waals surface area contributed by atoms with Gasteiger partial charge in [-0.2, -0.15) is 15.1 Å². The molecule has 0 amide bonds. The van der Waals surface area contributed by atoms with Crippen LogP contribution in [0.4, 0.5) is 10.2 Å². The van der Waals surface area contributed by atoms with Crippen molar-refractivity contribution in [2.45, 2.75) is 88.9 Å². The molecule has 2 saturated heterocycles. The summed E-state index contributed by atoms with van der Waals surface area (Å²) < 4.78 is 29.5. The number of halogens is 3. The molecule has 3 atom stereocenters. The van der Waals surface area contributed by atoms with Crippen LogP contribution in [0, 0.1) is 0 Å². The number of rotatable bonds is 5. The van der Waals surface area contributed by atoms with Crippen molar-refractivity contribution in [3.8, 4) is 6.01 Å². The lowest BCUT2D eigenvalue weighted by atomic mass is 9.87. The van der Waals surface area contributed by atoms with Crippen molar-refractivity contribution >= 4 is 34.8 Å². The van der Waals surface area contributed by atoms with Gasteiger partial charge in [-0.3, -0.25) is 14.4 Å². The zero-order chi connectivity index (χ0) is 30.2. The van der Waals surface area contributed by atoms with Gasteiger partial charge in [-0.15, -0.1) is 0 Å². The summed E-state index contributed by atoms with van der Waals surface area (Å²) >= 11 is 13.3. The standard InChI is InChI=1S/C32H35Cl2FN6O3/c1-19(42)28-27(34)26-16-39(10-4-12-41(26)38-28)29-22-17-44-32(9-7-21-23(32)5-2-6-24(21)33)14-25(22)36-30(37-29)43-18-31-8-3-11-40(31)15-20(35)13-31/h2,5-6,20H,3-4,7-18H2,1H3/t20-,31+,32+/m1/s1. The van der Waals surface area contributed by atoms with Gasteiger partial charge in [0.15, 0.2) is 5.78 Å². The molecule has 1 spiro atoms. The van der Waals surface area contributed by atoms with Crippen LogP contribution in [-0.2, 0) is 42.9 Å². The van der Waals surface area contributed by atoms with Gasteiger partial charge in [0.25, 0.3) is 0 Å². The molecule has 9 nitrogen and oxygen atoms in total. The Morgan fingerprint density at radius 1 is 1.16 bits per heavy atom. The SMILES string of the molecule is CC(=O)c1nn2c(c1Cl)CN(c1nc(OC[C@@]34CCCN3C[C@H](F)C4)nc3c1CO[C@@]1(CCc4c(Cl)cccc41)C3)CCC2. The van der Waals surface area contributed by atoms with E-state index in [0.29, 0.717) is 69.0 Å². The monoisotopic (exact) mass is 640 g/mol. The molecular formula is C32H35Cl2FN6O3. The Morgan fingerprint density at radius 2 is 2.05 bits per heavy atom. The quantitative estimate of drug-likeness (QED) is 0.340. The third-order valence-corrected chi connectivity index (χ3v) is 11.1. The molecule has 5 aliphatic rings. The van der Waals surface area contributed by atoms with Gasteiger partial charge in [0.2, 0.25) is 0 Å². The molecule has 3 aromatic rings. The first kappa shape index (κ1) is 28.7. The number of hydrogen-bond donors (Lipinski definition) is 0. The van der Waals surface area contributed by atoms with E-state index in [1.54, 1.807) is 0 Å². The molecule has 4 aliphatic heterocycles. The number of carbonyl (C=O) groups is 1. The average molecular weight is 642 g/mol. The van der Waals surface area contributed by atoms with Gasteiger partial charge in [0, 0.05) is 50.0 Å². The predicted octanol–water partition coefficient (Wildman–Crippen LogP) is 5.46. The molecule has 0 radical (unpaired) electrons. The molecule has 0 saturated carbocycles. The summed E-state index contributed by atoms with van der Waals surface area (Å²) in [6.45, 7) is 5.34. The van der Waals surface area contributed by atoms with E-state index in [9.17, 15) is 9.18 Å². The summed E-state index contributed by atoms with van der Waals surface area (Å²) in [5.74, 6) is 0.588. The summed E-state index contributed by atoms with van der Waals surface area (Å²) in [5, 5.41) is 5.67. The van der Waals surface area contributed by atoms with Crippen molar-refractivity contribution in [3.05, 3.63) is 62.0 Å². The zero-order valence-electron chi connectivity index (χ0n) is 24.8. The first-order valence-electron chi connectivity index (χ1n) is 15.6. The van der Waals surface area contributed by atoms with E-state index in [1.165, 1.54) is 6.92 Å². The third-order valence-electron chi connectivity index (χ3n) is 10.4. The Kier molecular flexibility index (Phi) is 6.94. The highest BCUT2D eigenvalue weighted by Gasteiger charge is 2.50. The lowest BCUT2D eigenvalue weighted by Crippen LogP contribution is -2.43. The lowest BCUT2D eigenvalue weighted by Gasteiger charge is -2.37. The van der Waals surface area contributed by atoms with E-state index in [4.69, 9.17) is 42.6 Å². The first-order chi connectivity index (χ1) is 21.3. The second-order valence-corrected chi connectivity index (χ2v) is 13.8. The lowest BCUT2D eigenvalue weighted by molar-refractivity contribution is -0.0730. The summed E-state index contributed by atoms with van der Waals surface area (Å²) in [7, 11) is 0. The van der Waals surface area contributed by atoms with Crippen molar-refractivity contribution in [2.24, 2.45) is 0 Å². The number of ketones is 1. The molecule has 2 fully saturated rings. The number of anilines is 1. The summed E-state index contributed by atoms with van der Waals surface area (Å²) in [6.07, 6.45) is 4.63. The normalized spacial score (nSPS) is 27.6. The largest absolute Gasteiger partial charge is 0.461 e. The molecule has 1 aliphatic carbocycles. The van der Waals surface area contributed by atoms with Crippen molar-refractivity contribution in [3.63, 3.8) is 0 Å². The van der Waals surface area contributed by atoms with Crippen LogP contribution in [0.5, 0.6) is 6.01 Å².